The van der Waals surface area contributed by atoms with Crippen molar-refractivity contribution < 1.29 is 5.11 Å². The van der Waals surface area contributed by atoms with E-state index in [0.717, 1.165) is 0 Å². The Morgan fingerprint density at radius 2 is 2.00 bits per heavy atom. The monoisotopic (exact) mass is 223 g/mol. The highest BCUT2D eigenvalue weighted by Crippen LogP contribution is 2.26. The van der Waals surface area contributed by atoms with E-state index < -0.39 is 0 Å². The van der Waals surface area contributed by atoms with E-state index in [1.807, 2.05) is 0 Å². The zero-order valence-electron chi connectivity index (χ0n) is 5.04. The molecule has 0 spiro atoms. The molecule has 1 aromatic carbocycles. The maximum Gasteiger partial charge on any atom is 0.140 e. The average molecular weight is 224 g/mol. The van der Waals surface area contributed by atoms with Crippen molar-refractivity contribution in [2.45, 2.75) is 0 Å². The molecule has 4 heteroatoms. The number of aromatic hydroxyl groups is 1. The van der Waals surface area contributed by atoms with Crippen molar-refractivity contribution >= 4 is 34.3 Å². The lowest BCUT2D eigenvalue weighted by Crippen LogP contribution is -1.85. The highest BCUT2D eigenvalue weighted by atomic mass is 79.9. The quantitative estimate of drug-likeness (QED) is 0.524. The van der Waals surface area contributed by atoms with Crippen molar-refractivity contribution in [3.05, 3.63) is 23.2 Å². The first-order valence-electron chi connectivity index (χ1n) is 2.45. The molecule has 0 saturated carbocycles. The summed E-state index contributed by atoms with van der Waals surface area (Å²) < 4.78 is 0. The van der Waals surface area contributed by atoms with Gasteiger partial charge in [-0.3, -0.25) is 0 Å². The van der Waals surface area contributed by atoms with Gasteiger partial charge in [-0.25, -0.2) is 0 Å². The lowest BCUT2D eigenvalue weighted by Gasteiger charge is -1.97. The number of rotatable bonds is 0. The van der Waals surface area contributed by atoms with E-state index in [1.165, 1.54) is 6.07 Å². The van der Waals surface area contributed by atoms with Gasteiger partial charge in [-0.05, 0) is 12.1 Å². The topological polar surface area (TPSA) is 46.2 Å². The molecule has 56 valence electrons. The predicted octanol–water partition coefficient (Wildman–Crippen LogP) is 2.21. The molecule has 0 heterocycles. The number of hydrogen-bond acceptors (Lipinski definition) is 2. The molecule has 0 atom stereocenters. The molecule has 0 aliphatic heterocycles. The van der Waals surface area contributed by atoms with Gasteiger partial charge < -0.3 is 10.8 Å². The van der Waals surface area contributed by atoms with E-state index in [9.17, 15) is 0 Å². The summed E-state index contributed by atoms with van der Waals surface area (Å²) in [5.74, 6) is 0.0301. The fourth-order valence-corrected chi connectivity index (χ4v) is 0.695. The van der Waals surface area contributed by atoms with Gasteiger partial charge in [0.15, 0.2) is 0 Å². The molecule has 0 fully saturated rings. The van der Waals surface area contributed by atoms with Gasteiger partial charge in [0, 0.05) is 0 Å². The lowest BCUT2D eigenvalue weighted by molar-refractivity contribution is 0.478. The van der Waals surface area contributed by atoms with Crippen LogP contribution in [0.15, 0.2) is 18.2 Å². The summed E-state index contributed by atoms with van der Waals surface area (Å²) in [6, 6.07) is 4.74. The van der Waals surface area contributed by atoms with Gasteiger partial charge in [0.05, 0.1) is 10.7 Å². The fourth-order valence-electron chi connectivity index (χ4n) is 0.526. The summed E-state index contributed by atoms with van der Waals surface area (Å²) in [6.45, 7) is 0. The Balaban J connectivity index is 0.000000810. The highest BCUT2D eigenvalue weighted by Gasteiger charge is 1.97. The standard InChI is InChI=1S/C6H6ClNO.BrH/c7-4-2-1-3-5(9)6(4)8;/h1-3,9H,8H2;1H. The van der Waals surface area contributed by atoms with Crippen LogP contribution in [0.3, 0.4) is 0 Å². The summed E-state index contributed by atoms with van der Waals surface area (Å²) in [5, 5.41) is 9.27. The maximum atomic E-state index is 8.89. The Labute approximate surface area is 74.4 Å². The molecule has 10 heavy (non-hydrogen) atoms. The molecule has 0 radical (unpaired) electrons. The summed E-state index contributed by atoms with van der Waals surface area (Å²) in [4.78, 5) is 0. The molecule has 1 rings (SSSR count). The first-order chi connectivity index (χ1) is 4.22. The van der Waals surface area contributed by atoms with Gasteiger partial charge in [0.1, 0.15) is 5.75 Å². The van der Waals surface area contributed by atoms with Crippen molar-refractivity contribution in [3.8, 4) is 5.75 Å². The fraction of sp³-hybridized carbons (Fsp3) is 0. The number of anilines is 1. The van der Waals surface area contributed by atoms with Gasteiger partial charge in [-0.15, -0.1) is 17.0 Å². The zero-order chi connectivity index (χ0) is 6.85. The van der Waals surface area contributed by atoms with E-state index in [4.69, 9.17) is 22.4 Å². The molecule has 0 aromatic heterocycles. The van der Waals surface area contributed by atoms with Gasteiger partial charge in [0.2, 0.25) is 0 Å². The Hall–Kier alpha value is -0.410. The summed E-state index contributed by atoms with van der Waals surface area (Å²) in [5.41, 5.74) is 5.54. The van der Waals surface area contributed by atoms with Gasteiger partial charge >= 0.3 is 0 Å². The zero-order valence-corrected chi connectivity index (χ0v) is 7.51. The Morgan fingerprint density at radius 1 is 1.40 bits per heavy atom. The van der Waals surface area contributed by atoms with Crippen LogP contribution in [0.4, 0.5) is 5.69 Å². The second-order valence-electron chi connectivity index (χ2n) is 1.67. The van der Waals surface area contributed by atoms with Crippen LogP contribution < -0.4 is 5.73 Å². The number of nitrogen functional groups attached to an aromatic ring is 1. The molecular weight excluding hydrogens is 217 g/mol. The molecule has 0 aliphatic rings. The molecule has 0 aliphatic carbocycles. The van der Waals surface area contributed by atoms with Crippen molar-refractivity contribution in [2.24, 2.45) is 0 Å². The Morgan fingerprint density at radius 3 is 2.40 bits per heavy atom. The van der Waals surface area contributed by atoms with Crippen LogP contribution in [0, 0.1) is 0 Å². The summed E-state index contributed by atoms with van der Waals surface area (Å²) in [7, 11) is 0. The second-order valence-corrected chi connectivity index (χ2v) is 2.08. The normalized spacial score (nSPS) is 8.50. The van der Waals surface area contributed by atoms with Gasteiger partial charge in [0.25, 0.3) is 0 Å². The lowest BCUT2D eigenvalue weighted by atomic mass is 10.3. The van der Waals surface area contributed by atoms with E-state index in [0.29, 0.717) is 5.02 Å². The molecular formula is C6H7BrClNO. The number of nitrogens with two attached hydrogens (primary N) is 1. The van der Waals surface area contributed by atoms with Crippen molar-refractivity contribution in [3.63, 3.8) is 0 Å². The molecule has 0 bridgehead atoms. The van der Waals surface area contributed by atoms with E-state index in [1.54, 1.807) is 12.1 Å². The van der Waals surface area contributed by atoms with E-state index >= 15 is 0 Å². The van der Waals surface area contributed by atoms with Crippen LogP contribution in [0.25, 0.3) is 0 Å². The minimum absolute atomic E-state index is 0. The summed E-state index contributed by atoms with van der Waals surface area (Å²) >= 11 is 5.53. The maximum absolute atomic E-state index is 8.89. The molecule has 0 saturated heterocycles. The average Bonchev–Trinajstić information content (AvgIpc) is 1.83. The van der Waals surface area contributed by atoms with Crippen LogP contribution in [-0.2, 0) is 0 Å². The third-order valence-electron chi connectivity index (χ3n) is 1.03. The van der Waals surface area contributed by atoms with Crippen LogP contribution in [-0.4, -0.2) is 5.11 Å². The SMILES string of the molecule is Br.Nc1c(O)cccc1Cl. The van der Waals surface area contributed by atoms with Crippen molar-refractivity contribution in [2.75, 3.05) is 5.73 Å². The molecule has 1 aromatic rings. The van der Waals surface area contributed by atoms with E-state index in [2.05, 4.69) is 0 Å². The minimum Gasteiger partial charge on any atom is -0.506 e. The Kier molecular flexibility index (Phi) is 3.53. The van der Waals surface area contributed by atoms with Crippen LogP contribution >= 0.6 is 28.6 Å². The van der Waals surface area contributed by atoms with Crippen molar-refractivity contribution in [1.29, 1.82) is 0 Å². The molecule has 3 N–H and O–H groups in total. The van der Waals surface area contributed by atoms with Crippen LogP contribution in [0.5, 0.6) is 5.75 Å². The number of benzene rings is 1. The largest absolute Gasteiger partial charge is 0.506 e. The number of para-hydroxylation sites is 1. The smallest absolute Gasteiger partial charge is 0.140 e. The molecule has 0 amide bonds. The van der Waals surface area contributed by atoms with Crippen molar-refractivity contribution in [1.82, 2.24) is 0 Å². The predicted molar refractivity (Wildman–Crippen MR) is 47.9 cm³/mol. The van der Waals surface area contributed by atoms with Gasteiger partial charge in [-0.1, -0.05) is 17.7 Å². The second kappa shape index (κ2) is 3.68. The van der Waals surface area contributed by atoms with Crippen LogP contribution in [0.1, 0.15) is 0 Å². The van der Waals surface area contributed by atoms with E-state index in [-0.39, 0.29) is 28.4 Å². The van der Waals surface area contributed by atoms with Gasteiger partial charge in [-0.2, -0.15) is 0 Å². The molecule has 2 nitrogen and oxygen atoms in total. The first kappa shape index (κ1) is 9.59. The summed E-state index contributed by atoms with van der Waals surface area (Å²) in [6.07, 6.45) is 0. The Bertz CT molecular complexity index is 209. The van der Waals surface area contributed by atoms with Crippen LogP contribution in [0.2, 0.25) is 5.02 Å². The first-order valence-corrected chi connectivity index (χ1v) is 2.82. The number of halogens is 2. The third kappa shape index (κ3) is 1.78. The minimum atomic E-state index is 0. The number of phenols is 1. The number of phenolic OH excluding ortho intramolecular Hbond substituents is 1. The number of hydrogen-bond donors (Lipinski definition) is 2. The third-order valence-corrected chi connectivity index (χ3v) is 1.36. The molecule has 0 unspecified atom stereocenters. The highest BCUT2D eigenvalue weighted by molar-refractivity contribution is 8.93.